The molecule has 0 atom stereocenters. The van der Waals surface area contributed by atoms with Crippen LogP contribution in [0.15, 0.2) is 36.5 Å². The Balaban J connectivity index is 2.22. The van der Waals surface area contributed by atoms with Crippen LogP contribution in [0.25, 0.3) is 10.8 Å². The van der Waals surface area contributed by atoms with Crippen LogP contribution in [0.4, 0.5) is 0 Å². The molecular formula is C13H16NO3S+. The standard InChI is InChI=1S/C13H15NO3S/c1-11-13-6-3-2-5-12(13)7-9-14(11)8-4-10-18(15,16)17/h2-3,5-7,9H,4,8,10H2,1H3/p+1. The molecule has 2 rings (SSSR count). The Bertz CT molecular complexity index is 665. The Hall–Kier alpha value is -1.46. The number of aromatic nitrogens is 1. The highest BCUT2D eigenvalue weighted by atomic mass is 32.2. The first-order valence-electron chi connectivity index (χ1n) is 5.80. The van der Waals surface area contributed by atoms with Gasteiger partial charge in [0.25, 0.3) is 10.1 Å². The van der Waals surface area contributed by atoms with E-state index in [1.165, 1.54) is 5.39 Å². The van der Waals surface area contributed by atoms with Crippen LogP contribution in [0.5, 0.6) is 0 Å². The summed E-state index contributed by atoms with van der Waals surface area (Å²) >= 11 is 0. The second-order valence-electron chi connectivity index (χ2n) is 4.32. The minimum atomic E-state index is -3.86. The predicted octanol–water partition coefficient (Wildman–Crippen LogP) is 1.71. The third kappa shape index (κ3) is 3.05. The van der Waals surface area contributed by atoms with Gasteiger partial charge in [0, 0.05) is 24.8 Å². The fourth-order valence-corrected chi connectivity index (χ4v) is 2.56. The number of hydrogen-bond acceptors (Lipinski definition) is 2. The predicted molar refractivity (Wildman–Crippen MR) is 69.9 cm³/mol. The van der Waals surface area contributed by atoms with Gasteiger partial charge in [-0.25, -0.2) is 4.57 Å². The molecule has 0 spiro atoms. The molecular weight excluding hydrogens is 250 g/mol. The van der Waals surface area contributed by atoms with Crippen LogP contribution < -0.4 is 4.57 Å². The SMILES string of the molecule is Cc1c2ccccc2cc[n+]1CCCS(=O)(=O)O. The van der Waals surface area contributed by atoms with Gasteiger partial charge in [0.05, 0.1) is 5.75 Å². The summed E-state index contributed by atoms with van der Waals surface area (Å²) in [4.78, 5) is 0. The summed E-state index contributed by atoms with van der Waals surface area (Å²) in [6, 6.07) is 10.1. The highest BCUT2D eigenvalue weighted by molar-refractivity contribution is 7.85. The number of nitrogens with zero attached hydrogens (tertiary/aromatic N) is 1. The Labute approximate surface area is 107 Å². The molecule has 1 heterocycles. The van der Waals surface area contributed by atoms with Crippen molar-refractivity contribution in [3.05, 3.63) is 42.2 Å². The topological polar surface area (TPSA) is 58.2 Å². The molecule has 0 aliphatic carbocycles. The summed E-state index contributed by atoms with van der Waals surface area (Å²) in [5.74, 6) is -0.202. The van der Waals surface area contributed by atoms with E-state index in [2.05, 4.69) is 0 Å². The third-order valence-electron chi connectivity index (χ3n) is 3.02. The van der Waals surface area contributed by atoms with Crippen LogP contribution >= 0.6 is 0 Å². The zero-order valence-corrected chi connectivity index (χ0v) is 11.0. The minimum Gasteiger partial charge on any atom is -0.286 e. The van der Waals surface area contributed by atoms with Gasteiger partial charge in [-0.1, -0.05) is 18.2 Å². The first-order valence-corrected chi connectivity index (χ1v) is 7.41. The van der Waals surface area contributed by atoms with E-state index in [1.54, 1.807) is 0 Å². The Kier molecular flexibility index (Phi) is 3.63. The van der Waals surface area contributed by atoms with Gasteiger partial charge in [0.15, 0.2) is 11.9 Å². The molecule has 18 heavy (non-hydrogen) atoms. The molecule has 96 valence electrons. The molecule has 0 amide bonds. The van der Waals surface area contributed by atoms with Crippen molar-refractivity contribution in [2.75, 3.05) is 5.75 Å². The molecule has 1 aromatic heterocycles. The Morgan fingerprint density at radius 2 is 1.94 bits per heavy atom. The van der Waals surface area contributed by atoms with Crippen LogP contribution in [-0.2, 0) is 16.7 Å². The van der Waals surface area contributed by atoms with Crippen molar-refractivity contribution in [1.82, 2.24) is 0 Å². The van der Waals surface area contributed by atoms with Gasteiger partial charge in [-0.3, -0.25) is 4.55 Å². The van der Waals surface area contributed by atoms with Gasteiger partial charge in [-0.2, -0.15) is 8.42 Å². The highest BCUT2D eigenvalue weighted by Gasteiger charge is 2.12. The molecule has 0 unspecified atom stereocenters. The molecule has 1 aromatic carbocycles. The summed E-state index contributed by atoms with van der Waals surface area (Å²) in [5, 5.41) is 2.33. The highest BCUT2D eigenvalue weighted by Crippen LogP contribution is 2.14. The van der Waals surface area contributed by atoms with Gasteiger partial charge in [-0.15, -0.1) is 0 Å². The van der Waals surface area contributed by atoms with E-state index in [-0.39, 0.29) is 5.75 Å². The van der Waals surface area contributed by atoms with Crippen molar-refractivity contribution < 1.29 is 17.5 Å². The number of aryl methyl sites for hydroxylation is 2. The largest absolute Gasteiger partial charge is 0.286 e. The third-order valence-corrected chi connectivity index (χ3v) is 3.82. The maximum Gasteiger partial charge on any atom is 0.265 e. The number of pyridine rings is 1. The minimum absolute atomic E-state index is 0.202. The van der Waals surface area contributed by atoms with Gasteiger partial charge in [0.2, 0.25) is 0 Å². The second-order valence-corrected chi connectivity index (χ2v) is 5.89. The van der Waals surface area contributed by atoms with Gasteiger partial charge in [-0.05, 0) is 11.5 Å². The van der Waals surface area contributed by atoms with E-state index >= 15 is 0 Å². The fraction of sp³-hybridized carbons (Fsp3) is 0.308. The van der Waals surface area contributed by atoms with Crippen LogP contribution in [0.2, 0.25) is 0 Å². The van der Waals surface area contributed by atoms with Gasteiger partial charge in [0.1, 0.15) is 6.54 Å². The van der Waals surface area contributed by atoms with Crippen LogP contribution in [-0.4, -0.2) is 18.7 Å². The maximum atomic E-state index is 10.7. The van der Waals surface area contributed by atoms with Crippen molar-refractivity contribution in [1.29, 1.82) is 0 Å². The first kappa shape index (κ1) is 13.0. The number of fused-ring (bicyclic) bond motifs is 1. The normalized spacial score (nSPS) is 11.9. The van der Waals surface area contributed by atoms with Crippen molar-refractivity contribution in [3.63, 3.8) is 0 Å². The Morgan fingerprint density at radius 3 is 2.67 bits per heavy atom. The molecule has 2 aromatic rings. The summed E-state index contributed by atoms with van der Waals surface area (Å²) in [5.41, 5.74) is 1.10. The summed E-state index contributed by atoms with van der Waals surface area (Å²) in [6.45, 7) is 2.59. The van der Waals surface area contributed by atoms with Crippen molar-refractivity contribution >= 4 is 20.9 Å². The van der Waals surface area contributed by atoms with E-state index in [9.17, 15) is 8.42 Å². The summed E-state index contributed by atoms with van der Waals surface area (Å²) in [7, 11) is -3.86. The van der Waals surface area contributed by atoms with E-state index in [1.807, 2.05) is 48.0 Å². The number of rotatable bonds is 4. The molecule has 1 N–H and O–H groups in total. The zero-order valence-electron chi connectivity index (χ0n) is 10.2. The molecule has 0 saturated heterocycles. The lowest BCUT2D eigenvalue weighted by Gasteiger charge is -2.03. The van der Waals surface area contributed by atoms with Crippen molar-refractivity contribution in [2.24, 2.45) is 0 Å². The molecule has 5 heteroatoms. The van der Waals surface area contributed by atoms with E-state index in [0.29, 0.717) is 13.0 Å². The molecule has 0 radical (unpaired) electrons. The Morgan fingerprint density at radius 1 is 1.22 bits per heavy atom. The lowest BCUT2D eigenvalue weighted by Crippen LogP contribution is -2.37. The average Bonchev–Trinajstić information content (AvgIpc) is 2.31. The molecule has 0 saturated carbocycles. The van der Waals surface area contributed by atoms with Crippen LogP contribution in [0, 0.1) is 6.92 Å². The maximum absolute atomic E-state index is 10.7. The molecule has 0 bridgehead atoms. The monoisotopic (exact) mass is 266 g/mol. The van der Waals surface area contributed by atoms with E-state index in [4.69, 9.17) is 4.55 Å². The van der Waals surface area contributed by atoms with E-state index in [0.717, 1.165) is 11.1 Å². The van der Waals surface area contributed by atoms with Crippen LogP contribution in [0.3, 0.4) is 0 Å². The van der Waals surface area contributed by atoms with Gasteiger partial charge >= 0.3 is 0 Å². The van der Waals surface area contributed by atoms with Crippen LogP contribution in [0.1, 0.15) is 12.1 Å². The van der Waals surface area contributed by atoms with E-state index < -0.39 is 10.1 Å². The molecule has 4 nitrogen and oxygen atoms in total. The molecule has 0 fully saturated rings. The summed E-state index contributed by atoms with van der Waals surface area (Å²) < 4.78 is 32.0. The first-order chi connectivity index (χ1) is 8.47. The average molecular weight is 266 g/mol. The van der Waals surface area contributed by atoms with Crippen molar-refractivity contribution in [3.8, 4) is 0 Å². The number of benzene rings is 1. The lowest BCUT2D eigenvalue weighted by molar-refractivity contribution is -0.701. The summed E-state index contributed by atoms with van der Waals surface area (Å²) in [6.07, 6.45) is 2.35. The smallest absolute Gasteiger partial charge is 0.265 e. The zero-order chi connectivity index (χ0) is 13.2. The van der Waals surface area contributed by atoms with Crippen molar-refractivity contribution in [2.45, 2.75) is 19.9 Å². The molecule has 0 aliphatic rings. The second kappa shape index (κ2) is 5.04. The fourth-order valence-electron chi connectivity index (χ4n) is 2.07. The van der Waals surface area contributed by atoms with Gasteiger partial charge < -0.3 is 0 Å². The number of hydrogen-bond donors (Lipinski definition) is 1. The quantitative estimate of drug-likeness (QED) is 0.677. The molecule has 0 aliphatic heterocycles. The lowest BCUT2D eigenvalue weighted by atomic mass is 10.1.